The highest BCUT2D eigenvalue weighted by Crippen LogP contribution is 2.26. The van der Waals surface area contributed by atoms with Crippen LogP contribution in [0.5, 0.6) is 5.88 Å². The molecule has 1 unspecified atom stereocenters. The van der Waals surface area contributed by atoms with Crippen LogP contribution in [0.4, 0.5) is 5.82 Å². The van der Waals surface area contributed by atoms with E-state index < -0.39 is 12.0 Å². The fraction of sp³-hybridized carbons (Fsp3) is 0.211. The largest absolute Gasteiger partial charge is 0.461 e. The van der Waals surface area contributed by atoms with Gasteiger partial charge in [0.15, 0.2) is 17.3 Å². The molecule has 0 aliphatic carbocycles. The van der Waals surface area contributed by atoms with E-state index in [1.807, 2.05) is 0 Å². The van der Waals surface area contributed by atoms with E-state index in [-0.39, 0.29) is 12.5 Å². The van der Waals surface area contributed by atoms with Crippen molar-refractivity contribution in [2.24, 2.45) is 0 Å². The molecule has 0 aromatic carbocycles. The zero-order chi connectivity index (χ0) is 21.8. The van der Waals surface area contributed by atoms with Gasteiger partial charge in [-0.1, -0.05) is 11.6 Å². The van der Waals surface area contributed by atoms with Crippen molar-refractivity contribution in [2.45, 2.75) is 13.0 Å². The molecule has 0 fully saturated rings. The van der Waals surface area contributed by atoms with Gasteiger partial charge in [-0.2, -0.15) is 9.78 Å². The van der Waals surface area contributed by atoms with Gasteiger partial charge < -0.3 is 14.8 Å². The Bertz CT molecular complexity index is 1210. The summed E-state index contributed by atoms with van der Waals surface area (Å²) >= 11 is 6.23. The van der Waals surface area contributed by atoms with Gasteiger partial charge in [0.1, 0.15) is 11.7 Å². The summed E-state index contributed by atoms with van der Waals surface area (Å²) in [5, 5.41) is 7.84. The number of aryl methyl sites for hydroxylation is 1. The monoisotopic (exact) mass is 440 g/mol. The summed E-state index contributed by atoms with van der Waals surface area (Å²) in [6.07, 6.45) is 6.42. The van der Waals surface area contributed by atoms with Crippen LogP contribution < -0.4 is 10.1 Å². The second kappa shape index (κ2) is 8.98. The number of nitrogens with zero attached hydrogens (tertiary/aromatic N) is 7. The van der Waals surface area contributed by atoms with Crippen molar-refractivity contribution in [1.29, 1.82) is 0 Å². The van der Waals surface area contributed by atoms with Gasteiger partial charge in [0.25, 0.3) is 5.91 Å². The minimum Gasteiger partial charge on any atom is -0.461 e. The zero-order valence-corrected chi connectivity index (χ0v) is 17.3. The third-order valence-corrected chi connectivity index (χ3v) is 4.46. The van der Waals surface area contributed by atoms with Crippen LogP contribution in [-0.2, 0) is 9.53 Å². The number of amides is 1. The smallest absolute Gasteiger partial charge is 0.269 e. The van der Waals surface area contributed by atoms with Crippen LogP contribution in [-0.4, -0.2) is 60.4 Å². The van der Waals surface area contributed by atoms with Gasteiger partial charge in [-0.3, -0.25) is 9.78 Å². The first-order valence-electron chi connectivity index (χ1n) is 9.11. The maximum atomic E-state index is 12.7. The molecule has 1 atom stereocenters. The number of hydrogen-bond acceptors (Lipinski definition) is 9. The summed E-state index contributed by atoms with van der Waals surface area (Å²) in [6, 6.07) is 3.41. The van der Waals surface area contributed by atoms with E-state index in [4.69, 9.17) is 21.1 Å². The molecule has 0 spiro atoms. The number of aromatic nitrogens is 7. The topological polar surface area (TPSA) is 130 Å². The lowest BCUT2D eigenvalue weighted by atomic mass is 10.3. The van der Waals surface area contributed by atoms with Crippen molar-refractivity contribution in [3.63, 3.8) is 0 Å². The molecule has 4 rings (SSSR count). The van der Waals surface area contributed by atoms with Crippen molar-refractivity contribution in [2.75, 3.05) is 19.0 Å². The molecule has 4 aromatic heterocycles. The van der Waals surface area contributed by atoms with Gasteiger partial charge in [0, 0.05) is 13.3 Å². The molecule has 31 heavy (non-hydrogen) atoms. The fourth-order valence-corrected chi connectivity index (χ4v) is 2.92. The molecule has 4 heterocycles. The van der Waals surface area contributed by atoms with E-state index in [0.29, 0.717) is 27.7 Å². The Balaban J connectivity index is 1.62. The normalized spacial score (nSPS) is 12.0. The number of ether oxygens (including phenoxy) is 2. The van der Waals surface area contributed by atoms with E-state index in [9.17, 15) is 4.79 Å². The Labute approximate surface area is 181 Å². The highest BCUT2D eigenvalue weighted by atomic mass is 35.5. The number of pyridine rings is 1. The average molecular weight is 441 g/mol. The van der Waals surface area contributed by atoms with Crippen molar-refractivity contribution >= 4 is 34.4 Å². The Morgan fingerprint density at radius 1 is 1.19 bits per heavy atom. The minimum absolute atomic E-state index is 0.0170. The number of carbonyl (C=O) groups excluding carboxylic acids is 1. The number of fused-ring (bicyclic) bond motifs is 1. The Morgan fingerprint density at radius 3 is 2.81 bits per heavy atom. The maximum Gasteiger partial charge on any atom is 0.269 e. The molecule has 12 heteroatoms. The average Bonchev–Trinajstić information content (AvgIpc) is 3.20. The summed E-state index contributed by atoms with van der Waals surface area (Å²) in [7, 11) is 1.46. The second-order valence-corrected chi connectivity index (χ2v) is 6.78. The van der Waals surface area contributed by atoms with Crippen LogP contribution in [0, 0.1) is 6.92 Å². The lowest BCUT2D eigenvalue weighted by Gasteiger charge is -2.17. The lowest BCUT2D eigenvalue weighted by Crippen LogP contribution is -2.37. The molecule has 158 valence electrons. The number of halogens is 1. The molecular formula is C19H17ClN8O3. The molecule has 1 N–H and O–H groups in total. The summed E-state index contributed by atoms with van der Waals surface area (Å²) in [4.78, 5) is 33.6. The van der Waals surface area contributed by atoms with Crippen LogP contribution in [0.3, 0.4) is 0 Å². The van der Waals surface area contributed by atoms with Gasteiger partial charge in [-0.25, -0.2) is 19.9 Å². The number of rotatable bonds is 7. The van der Waals surface area contributed by atoms with E-state index >= 15 is 0 Å². The Morgan fingerprint density at radius 2 is 2.06 bits per heavy atom. The van der Waals surface area contributed by atoms with E-state index in [2.05, 4.69) is 35.3 Å². The fourth-order valence-electron chi connectivity index (χ4n) is 2.72. The Kier molecular flexibility index (Phi) is 5.96. The van der Waals surface area contributed by atoms with Gasteiger partial charge >= 0.3 is 0 Å². The van der Waals surface area contributed by atoms with Gasteiger partial charge in [0.2, 0.25) is 12.0 Å². The van der Waals surface area contributed by atoms with Crippen LogP contribution in [0.2, 0.25) is 5.02 Å². The SMILES string of the molecule is COCC(Oc1ncnc2c1cnn2-c1ncccc1Cl)C(=O)Nc1cnc(C)cn1. The number of nitrogens with one attached hydrogen (secondary N) is 1. The number of anilines is 1. The van der Waals surface area contributed by atoms with Gasteiger partial charge in [-0.15, -0.1) is 0 Å². The first-order chi connectivity index (χ1) is 15.1. The van der Waals surface area contributed by atoms with Crippen LogP contribution in [0.15, 0.2) is 43.2 Å². The van der Waals surface area contributed by atoms with Crippen molar-refractivity contribution in [3.05, 3.63) is 54.0 Å². The van der Waals surface area contributed by atoms with Gasteiger partial charge in [-0.05, 0) is 19.1 Å². The first kappa shape index (κ1) is 20.6. The molecular weight excluding hydrogens is 424 g/mol. The van der Waals surface area contributed by atoms with Crippen LogP contribution in [0.1, 0.15) is 5.69 Å². The van der Waals surface area contributed by atoms with E-state index in [0.717, 1.165) is 5.69 Å². The minimum atomic E-state index is -1.01. The maximum absolute atomic E-state index is 12.7. The lowest BCUT2D eigenvalue weighted by molar-refractivity contribution is -0.125. The molecule has 0 aliphatic rings. The second-order valence-electron chi connectivity index (χ2n) is 6.38. The van der Waals surface area contributed by atoms with Crippen LogP contribution in [0.25, 0.3) is 16.9 Å². The van der Waals surface area contributed by atoms with Crippen molar-refractivity contribution in [3.8, 4) is 11.7 Å². The molecule has 0 radical (unpaired) electrons. The highest BCUT2D eigenvalue weighted by Gasteiger charge is 2.24. The van der Waals surface area contributed by atoms with E-state index in [1.54, 1.807) is 31.5 Å². The third-order valence-electron chi connectivity index (χ3n) is 4.17. The summed E-state index contributed by atoms with van der Waals surface area (Å²) < 4.78 is 12.5. The summed E-state index contributed by atoms with van der Waals surface area (Å²) in [5.74, 6) is 0.404. The number of carbonyl (C=O) groups is 1. The zero-order valence-electron chi connectivity index (χ0n) is 16.6. The third kappa shape index (κ3) is 4.42. The summed E-state index contributed by atoms with van der Waals surface area (Å²) in [5.41, 5.74) is 1.16. The predicted octanol–water partition coefficient (Wildman–Crippen LogP) is 1.99. The molecule has 0 saturated heterocycles. The Hall–Kier alpha value is -3.70. The number of methoxy groups -OCH3 is 1. The molecule has 0 saturated carbocycles. The summed E-state index contributed by atoms with van der Waals surface area (Å²) in [6.45, 7) is 1.78. The molecule has 0 aliphatic heterocycles. The molecule has 11 nitrogen and oxygen atoms in total. The molecule has 4 aromatic rings. The molecule has 0 bridgehead atoms. The number of hydrogen-bond donors (Lipinski definition) is 1. The standard InChI is InChI=1S/C19H17ClN8O3/c1-11-6-23-15(8-22-11)27-18(29)14(9-30-2)31-19-12-7-26-28(16(12)24-10-25-19)17-13(20)4-3-5-21-17/h3-8,10,14H,9H2,1-2H3,(H,23,27,29). The van der Waals surface area contributed by atoms with Crippen molar-refractivity contribution in [1.82, 2.24) is 34.7 Å². The molecule has 1 amide bonds. The van der Waals surface area contributed by atoms with Gasteiger partial charge in [0.05, 0.1) is 35.9 Å². The predicted molar refractivity (Wildman–Crippen MR) is 111 cm³/mol. The first-order valence-corrected chi connectivity index (χ1v) is 9.49. The van der Waals surface area contributed by atoms with E-state index in [1.165, 1.54) is 30.5 Å². The highest BCUT2D eigenvalue weighted by molar-refractivity contribution is 6.32. The quantitative estimate of drug-likeness (QED) is 0.458. The van der Waals surface area contributed by atoms with Crippen molar-refractivity contribution < 1.29 is 14.3 Å². The van der Waals surface area contributed by atoms with Crippen LogP contribution >= 0.6 is 11.6 Å².